The van der Waals surface area contributed by atoms with Crippen LogP contribution in [0.3, 0.4) is 0 Å². The van der Waals surface area contributed by atoms with Gasteiger partial charge in [-0.05, 0) is 35.9 Å². The molecule has 0 unspecified atom stereocenters. The molecule has 0 bridgehead atoms. The number of anilines is 1. The van der Waals surface area contributed by atoms with Crippen molar-refractivity contribution in [2.45, 2.75) is 25.0 Å². The van der Waals surface area contributed by atoms with E-state index in [9.17, 15) is 35.8 Å². The van der Waals surface area contributed by atoms with Gasteiger partial charge in [-0.2, -0.15) is 17.6 Å². The Bertz CT molecular complexity index is 1190. The Kier molecular flexibility index (Phi) is 9.86. The number of halogens is 7. The van der Waals surface area contributed by atoms with E-state index in [0.717, 1.165) is 0 Å². The molecule has 212 valence electrons. The molecule has 0 amide bonds. The van der Waals surface area contributed by atoms with Gasteiger partial charge in [0.2, 0.25) is 0 Å². The maximum Gasteiger partial charge on any atom is 0.573 e. The van der Waals surface area contributed by atoms with E-state index in [4.69, 9.17) is 9.84 Å². The molecule has 0 fully saturated rings. The molecule has 6 nitrogen and oxygen atoms in total. The van der Waals surface area contributed by atoms with Crippen LogP contribution in [0.5, 0.6) is 17.2 Å². The summed E-state index contributed by atoms with van der Waals surface area (Å²) in [6.07, 6.45) is -13.9. The highest BCUT2D eigenvalue weighted by Gasteiger charge is 2.43. The van der Waals surface area contributed by atoms with Crippen molar-refractivity contribution in [1.82, 2.24) is 0 Å². The minimum atomic E-state index is -4.76. The first-order valence-electron chi connectivity index (χ1n) is 11.5. The van der Waals surface area contributed by atoms with Gasteiger partial charge in [0, 0.05) is 12.1 Å². The molecule has 1 aliphatic heterocycles. The van der Waals surface area contributed by atoms with Crippen LogP contribution in [-0.2, 0) is 0 Å². The molecule has 1 atom stereocenters. The zero-order valence-electron chi connectivity index (χ0n) is 20.1. The average Bonchev–Trinajstić information content (AvgIpc) is 2.88. The van der Waals surface area contributed by atoms with E-state index in [1.165, 1.54) is 42.5 Å². The first-order chi connectivity index (χ1) is 18.4. The molecule has 1 heterocycles. The molecular weight excluding hydrogens is 539 g/mol. The van der Waals surface area contributed by atoms with Gasteiger partial charge in [0.05, 0.1) is 24.9 Å². The number of β-amino-alcohol motifs (C(OH)–C–C–N with tert-alkyl or cyclic N) is 1. The molecule has 0 saturated carbocycles. The number of rotatable bonds is 8. The summed E-state index contributed by atoms with van der Waals surface area (Å²) >= 11 is 0. The van der Waals surface area contributed by atoms with E-state index in [0.29, 0.717) is 35.7 Å². The van der Waals surface area contributed by atoms with Gasteiger partial charge >= 0.3 is 18.9 Å². The van der Waals surface area contributed by atoms with Gasteiger partial charge in [0.15, 0.2) is 5.75 Å². The van der Waals surface area contributed by atoms with Crippen molar-refractivity contribution < 1.29 is 55.2 Å². The fraction of sp³-hybridized carbons (Fsp3) is 0.308. The Morgan fingerprint density at radius 3 is 2.18 bits per heavy atom. The first-order valence-corrected chi connectivity index (χ1v) is 11.5. The minimum absolute atomic E-state index is 0.230. The van der Waals surface area contributed by atoms with Gasteiger partial charge < -0.3 is 29.3 Å². The van der Waals surface area contributed by atoms with Crippen molar-refractivity contribution >= 4 is 5.69 Å². The van der Waals surface area contributed by atoms with Crippen LogP contribution in [0.1, 0.15) is 0 Å². The molecule has 1 aliphatic rings. The van der Waals surface area contributed by atoms with Gasteiger partial charge in [-0.15, -0.1) is 13.2 Å². The SMILES string of the molecule is FC(F)C(F)(F)Oc1ccccc1.OC[C@@H](O)CN1CCOc2c(-c3cccc(OC(F)(F)F)c3)cccc21. The number of fused-ring (bicyclic) bond motifs is 1. The number of alkyl halides is 7. The van der Waals surface area contributed by atoms with Crippen LogP contribution in [0, 0.1) is 0 Å². The van der Waals surface area contributed by atoms with Crippen molar-refractivity contribution in [2.75, 3.05) is 31.2 Å². The summed E-state index contributed by atoms with van der Waals surface area (Å²) in [7, 11) is 0. The Morgan fingerprint density at radius 2 is 1.54 bits per heavy atom. The molecule has 0 saturated heterocycles. The number of ether oxygens (including phenoxy) is 3. The molecular formula is C26H24F7NO5. The molecule has 3 aromatic rings. The zero-order valence-corrected chi connectivity index (χ0v) is 20.1. The Balaban J connectivity index is 0.000000272. The summed E-state index contributed by atoms with van der Waals surface area (Å²) in [5.41, 5.74) is 1.86. The number of hydrogen-bond donors (Lipinski definition) is 2. The molecule has 13 heteroatoms. The lowest BCUT2D eigenvalue weighted by Gasteiger charge is -2.33. The third kappa shape index (κ3) is 8.65. The van der Waals surface area contributed by atoms with Gasteiger partial charge in [-0.3, -0.25) is 0 Å². The first kappa shape index (κ1) is 29.8. The van der Waals surface area contributed by atoms with Crippen molar-refractivity contribution in [2.24, 2.45) is 0 Å². The second kappa shape index (κ2) is 12.9. The molecule has 2 N–H and O–H groups in total. The Labute approximate surface area is 218 Å². The number of aliphatic hydroxyl groups excluding tert-OH is 2. The van der Waals surface area contributed by atoms with Crippen LogP contribution in [0.15, 0.2) is 72.8 Å². The molecule has 4 rings (SSSR count). The van der Waals surface area contributed by atoms with E-state index in [1.807, 2.05) is 4.90 Å². The van der Waals surface area contributed by atoms with Crippen LogP contribution >= 0.6 is 0 Å². The number of nitrogens with zero attached hydrogens (tertiary/aromatic N) is 1. The van der Waals surface area contributed by atoms with Gasteiger partial charge in [-0.1, -0.05) is 42.5 Å². The summed E-state index contributed by atoms with van der Waals surface area (Å²) in [6.45, 7) is 0.766. The van der Waals surface area contributed by atoms with Crippen molar-refractivity contribution in [1.29, 1.82) is 0 Å². The predicted molar refractivity (Wildman–Crippen MR) is 127 cm³/mol. The molecule has 0 radical (unpaired) electrons. The fourth-order valence-corrected chi connectivity index (χ4v) is 3.58. The lowest BCUT2D eigenvalue weighted by molar-refractivity contribution is -0.274. The Morgan fingerprint density at radius 1 is 0.872 bits per heavy atom. The van der Waals surface area contributed by atoms with E-state index in [1.54, 1.807) is 30.3 Å². The number of hydrogen-bond acceptors (Lipinski definition) is 6. The van der Waals surface area contributed by atoms with Crippen LogP contribution in [0.25, 0.3) is 11.1 Å². The maximum atomic E-state index is 12.5. The van der Waals surface area contributed by atoms with Gasteiger partial charge in [0.1, 0.15) is 18.1 Å². The van der Waals surface area contributed by atoms with Crippen molar-refractivity contribution in [3.8, 4) is 28.4 Å². The van der Waals surface area contributed by atoms with Crippen LogP contribution < -0.4 is 19.1 Å². The summed E-state index contributed by atoms with van der Waals surface area (Å²) in [5.74, 6) is -0.0724. The summed E-state index contributed by atoms with van der Waals surface area (Å²) in [4.78, 5) is 1.87. The van der Waals surface area contributed by atoms with Gasteiger partial charge in [0.25, 0.3) is 0 Å². The smallest absolute Gasteiger partial charge is 0.489 e. The second-order valence-electron chi connectivity index (χ2n) is 8.14. The molecule has 0 aromatic heterocycles. The topological polar surface area (TPSA) is 71.4 Å². The zero-order chi connectivity index (χ0) is 28.6. The van der Waals surface area contributed by atoms with E-state index in [2.05, 4.69) is 9.47 Å². The number of benzene rings is 3. The van der Waals surface area contributed by atoms with Crippen LogP contribution in [-0.4, -0.2) is 61.5 Å². The summed E-state index contributed by atoms with van der Waals surface area (Å²) < 4.78 is 98.6. The van der Waals surface area contributed by atoms with E-state index < -0.39 is 25.0 Å². The predicted octanol–water partition coefficient (Wildman–Crippen LogP) is 5.73. The molecule has 0 spiro atoms. The minimum Gasteiger partial charge on any atom is -0.489 e. The third-order valence-electron chi connectivity index (χ3n) is 5.21. The van der Waals surface area contributed by atoms with Crippen LogP contribution in [0.4, 0.5) is 36.4 Å². The van der Waals surface area contributed by atoms with Crippen LogP contribution in [0.2, 0.25) is 0 Å². The molecule has 39 heavy (non-hydrogen) atoms. The van der Waals surface area contributed by atoms with E-state index in [-0.39, 0.29) is 24.7 Å². The fourth-order valence-electron chi connectivity index (χ4n) is 3.58. The summed E-state index contributed by atoms with van der Waals surface area (Å²) in [5, 5.41) is 18.8. The lowest BCUT2D eigenvalue weighted by atomic mass is 10.0. The van der Waals surface area contributed by atoms with Crippen molar-refractivity contribution in [3.63, 3.8) is 0 Å². The highest BCUT2D eigenvalue weighted by molar-refractivity contribution is 5.80. The average molecular weight is 563 g/mol. The third-order valence-corrected chi connectivity index (χ3v) is 5.21. The highest BCUT2D eigenvalue weighted by atomic mass is 19.4. The quantitative estimate of drug-likeness (QED) is 0.342. The van der Waals surface area contributed by atoms with Crippen molar-refractivity contribution in [3.05, 3.63) is 72.8 Å². The lowest BCUT2D eigenvalue weighted by Crippen LogP contribution is -2.39. The van der Waals surface area contributed by atoms with Gasteiger partial charge in [-0.25, -0.2) is 0 Å². The normalized spacial score (nSPS) is 14.1. The molecule has 0 aliphatic carbocycles. The summed E-state index contributed by atoms with van der Waals surface area (Å²) in [6, 6.07) is 17.7. The highest BCUT2D eigenvalue weighted by Crippen LogP contribution is 2.41. The Hall–Kier alpha value is -3.71. The largest absolute Gasteiger partial charge is 0.573 e. The second-order valence-corrected chi connectivity index (χ2v) is 8.14. The van der Waals surface area contributed by atoms with E-state index >= 15 is 0 Å². The monoisotopic (exact) mass is 563 g/mol. The number of aliphatic hydroxyl groups is 2. The standard InChI is InChI=1S/C18H18F3NO4.C8H6F4O/c19-18(20,21)26-14-4-1-3-12(9-14)15-5-2-6-16-17(15)25-8-7-22(16)10-13(24)11-23;9-7(10)8(11,12)13-6-4-2-1-3-5-6/h1-6,9,13,23-24H,7-8,10-11H2;1-5,7H/t13-;/m0./s1. The molecule has 3 aromatic carbocycles. The maximum absolute atomic E-state index is 12.5. The number of para-hydroxylation sites is 2.